The maximum absolute atomic E-state index is 12.7. The number of fused-ring (bicyclic) bond motifs is 2. The van der Waals surface area contributed by atoms with Gasteiger partial charge in [0.1, 0.15) is 0 Å². The normalized spacial score (nSPS) is 32.5. The first-order chi connectivity index (χ1) is 11.0. The van der Waals surface area contributed by atoms with Crippen LogP contribution >= 0.6 is 11.6 Å². The smallest absolute Gasteiger partial charge is 0.243 e. The summed E-state index contributed by atoms with van der Waals surface area (Å²) in [5.41, 5.74) is 0. The molecule has 0 spiro atoms. The Bertz CT molecular complexity index is 668. The first-order valence-electron chi connectivity index (χ1n) is 8.64. The molecule has 1 aromatic rings. The van der Waals surface area contributed by atoms with Crippen LogP contribution in [-0.4, -0.2) is 44.9 Å². The fraction of sp³-hybridized carbons (Fsp3) is 0.647. The van der Waals surface area contributed by atoms with E-state index in [4.69, 9.17) is 11.6 Å². The molecule has 0 amide bonds. The minimum atomic E-state index is -3.37. The summed E-state index contributed by atoms with van der Waals surface area (Å²) >= 11 is 5.86. The summed E-state index contributed by atoms with van der Waals surface area (Å²) in [4.78, 5) is 1.99. The Hall–Kier alpha value is -0.620. The number of halogens is 1. The lowest BCUT2D eigenvalue weighted by Gasteiger charge is -2.37. The molecule has 2 saturated carbocycles. The van der Waals surface area contributed by atoms with Gasteiger partial charge >= 0.3 is 0 Å². The lowest BCUT2D eigenvalue weighted by atomic mass is 9.93. The molecule has 1 N–H and O–H groups in total. The Morgan fingerprint density at radius 2 is 1.74 bits per heavy atom. The predicted molar refractivity (Wildman–Crippen MR) is 90.1 cm³/mol. The zero-order chi connectivity index (χ0) is 16.0. The topological polar surface area (TPSA) is 41.8 Å². The molecular formula is C17H24ClN2O2S+. The number of quaternary nitrogens is 1. The zero-order valence-electron chi connectivity index (χ0n) is 13.2. The number of hydrogen-bond donors (Lipinski definition) is 1. The maximum Gasteiger partial charge on any atom is 0.243 e. The highest BCUT2D eigenvalue weighted by Crippen LogP contribution is 2.43. The van der Waals surface area contributed by atoms with Gasteiger partial charge in [-0.1, -0.05) is 11.6 Å². The van der Waals surface area contributed by atoms with Crippen LogP contribution in [0.2, 0.25) is 5.02 Å². The van der Waals surface area contributed by atoms with Gasteiger partial charge in [-0.25, -0.2) is 8.42 Å². The van der Waals surface area contributed by atoms with Crippen molar-refractivity contribution >= 4 is 21.6 Å². The molecule has 23 heavy (non-hydrogen) atoms. The Morgan fingerprint density at radius 1 is 1.04 bits per heavy atom. The third kappa shape index (κ3) is 2.93. The maximum atomic E-state index is 12.7. The van der Waals surface area contributed by atoms with Crippen LogP contribution in [0.4, 0.5) is 0 Å². The van der Waals surface area contributed by atoms with E-state index in [9.17, 15) is 8.42 Å². The van der Waals surface area contributed by atoms with Crippen LogP contribution in [-0.2, 0) is 10.0 Å². The van der Waals surface area contributed by atoms with E-state index in [0.717, 1.165) is 31.0 Å². The number of hydrogen-bond acceptors (Lipinski definition) is 2. The van der Waals surface area contributed by atoms with E-state index in [2.05, 4.69) is 0 Å². The minimum Gasteiger partial charge on any atom is -0.330 e. The number of piperazine rings is 1. The van der Waals surface area contributed by atoms with Crippen molar-refractivity contribution in [1.29, 1.82) is 0 Å². The molecule has 126 valence electrons. The number of benzene rings is 1. The van der Waals surface area contributed by atoms with Crippen LogP contribution in [0.25, 0.3) is 0 Å². The third-order valence-electron chi connectivity index (χ3n) is 6.08. The van der Waals surface area contributed by atoms with E-state index >= 15 is 0 Å². The van der Waals surface area contributed by atoms with Gasteiger partial charge in [0.05, 0.1) is 37.1 Å². The van der Waals surface area contributed by atoms with Gasteiger partial charge in [-0.3, -0.25) is 0 Å². The van der Waals surface area contributed by atoms with Crippen LogP contribution in [0, 0.1) is 11.8 Å². The summed E-state index contributed by atoms with van der Waals surface area (Å²) < 4.78 is 27.1. The lowest BCUT2D eigenvalue weighted by molar-refractivity contribution is -0.932. The first kappa shape index (κ1) is 15.9. The van der Waals surface area contributed by atoms with Crippen molar-refractivity contribution in [3.8, 4) is 0 Å². The fourth-order valence-electron chi connectivity index (χ4n) is 4.88. The molecule has 1 aliphatic heterocycles. The summed E-state index contributed by atoms with van der Waals surface area (Å²) in [5.74, 6) is 1.85. The largest absolute Gasteiger partial charge is 0.330 e. The van der Waals surface area contributed by atoms with Crippen LogP contribution < -0.4 is 4.90 Å². The highest BCUT2D eigenvalue weighted by molar-refractivity contribution is 7.89. The third-order valence-corrected chi connectivity index (χ3v) is 8.24. The number of nitrogens with zero attached hydrogens (tertiary/aromatic N) is 1. The molecule has 0 aromatic heterocycles. The van der Waals surface area contributed by atoms with E-state index in [1.165, 1.54) is 25.7 Å². The van der Waals surface area contributed by atoms with E-state index in [-0.39, 0.29) is 0 Å². The fourth-order valence-corrected chi connectivity index (χ4v) is 6.45. The Morgan fingerprint density at radius 3 is 2.30 bits per heavy atom. The zero-order valence-corrected chi connectivity index (χ0v) is 14.8. The molecule has 2 aliphatic carbocycles. The summed E-state index contributed by atoms with van der Waals surface area (Å²) in [6.45, 7) is 3.16. The lowest BCUT2D eigenvalue weighted by Crippen LogP contribution is -3.18. The van der Waals surface area contributed by atoms with Gasteiger partial charge in [-0.15, -0.1) is 0 Å². The second-order valence-corrected chi connectivity index (χ2v) is 9.67. The van der Waals surface area contributed by atoms with Crippen LogP contribution in [0.1, 0.15) is 25.7 Å². The number of nitrogens with one attached hydrogen (secondary N) is 1. The monoisotopic (exact) mass is 355 g/mol. The van der Waals surface area contributed by atoms with Gasteiger partial charge in [0.2, 0.25) is 10.0 Å². The molecule has 0 unspecified atom stereocenters. The van der Waals surface area contributed by atoms with Crippen molar-refractivity contribution in [1.82, 2.24) is 4.31 Å². The molecule has 0 radical (unpaired) electrons. The number of sulfonamides is 1. The van der Waals surface area contributed by atoms with Gasteiger partial charge < -0.3 is 4.90 Å². The minimum absolute atomic E-state index is 0.352. The predicted octanol–water partition coefficient (Wildman–Crippen LogP) is 1.42. The molecule has 3 aliphatic rings. The number of rotatable bonds is 3. The van der Waals surface area contributed by atoms with Crippen molar-refractivity contribution in [3.05, 3.63) is 29.3 Å². The van der Waals surface area contributed by atoms with Crippen molar-refractivity contribution in [3.63, 3.8) is 0 Å². The Kier molecular flexibility index (Phi) is 4.16. The van der Waals surface area contributed by atoms with E-state index < -0.39 is 10.0 Å². The summed E-state index contributed by atoms with van der Waals surface area (Å²) in [6, 6.07) is 7.28. The second kappa shape index (κ2) is 6.03. The average Bonchev–Trinajstić information content (AvgIpc) is 3.18. The van der Waals surface area contributed by atoms with E-state index in [1.54, 1.807) is 33.5 Å². The molecule has 1 heterocycles. The molecule has 4 rings (SSSR count). The van der Waals surface area contributed by atoms with Crippen LogP contribution in [0.3, 0.4) is 0 Å². The molecule has 1 saturated heterocycles. The van der Waals surface area contributed by atoms with Gasteiger partial charge in [0.25, 0.3) is 0 Å². The molecular weight excluding hydrogens is 332 g/mol. The standard InChI is InChI=1S/C17H23ClN2O2S/c18-15-3-5-16(6-4-15)23(21,22)20-9-7-19(8-10-20)17-12-13-1-2-14(17)11-13/h3-6,13-14,17H,1-2,7-12H2/p+1/t13-,14+,17+/m0/s1. The summed E-state index contributed by atoms with van der Waals surface area (Å²) in [7, 11) is -3.37. The van der Waals surface area contributed by atoms with Gasteiger partial charge in [-0.2, -0.15) is 4.31 Å². The Balaban J connectivity index is 1.42. The van der Waals surface area contributed by atoms with Crippen molar-refractivity contribution < 1.29 is 13.3 Å². The van der Waals surface area contributed by atoms with Crippen LogP contribution in [0.15, 0.2) is 29.2 Å². The van der Waals surface area contributed by atoms with Crippen molar-refractivity contribution in [2.75, 3.05) is 26.2 Å². The van der Waals surface area contributed by atoms with Crippen molar-refractivity contribution in [2.24, 2.45) is 11.8 Å². The van der Waals surface area contributed by atoms with Gasteiger partial charge in [0, 0.05) is 17.4 Å². The quantitative estimate of drug-likeness (QED) is 0.891. The SMILES string of the molecule is O=S(=O)(c1ccc(Cl)cc1)N1CC[NH+]([C@@H]2C[C@H]3CC[C@@H]2C3)CC1. The molecule has 2 bridgehead atoms. The Labute approximate surface area is 143 Å². The summed E-state index contributed by atoms with van der Waals surface area (Å²) in [6.07, 6.45) is 5.60. The molecule has 1 aromatic carbocycles. The van der Waals surface area contributed by atoms with E-state index in [0.29, 0.717) is 23.0 Å². The molecule has 3 atom stereocenters. The highest BCUT2D eigenvalue weighted by Gasteiger charge is 2.46. The average molecular weight is 356 g/mol. The molecule has 6 heteroatoms. The molecule has 3 fully saturated rings. The summed E-state index contributed by atoms with van der Waals surface area (Å²) in [5, 5.41) is 0.564. The van der Waals surface area contributed by atoms with Gasteiger partial charge in [-0.05, 0) is 49.4 Å². The van der Waals surface area contributed by atoms with Gasteiger partial charge in [0.15, 0.2) is 0 Å². The van der Waals surface area contributed by atoms with Crippen LogP contribution in [0.5, 0.6) is 0 Å². The molecule has 4 nitrogen and oxygen atoms in total. The second-order valence-electron chi connectivity index (χ2n) is 7.30. The first-order valence-corrected chi connectivity index (χ1v) is 10.5. The highest BCUT2D eigenvalue weighted by atomic mass is 35.5. The van der Waals surface area contributed by atoms with Crippen molar-refractivity contribution in [2.45, 2.75) is 36.6 Å². The van der Waals surface area contributed by atoms with E-state index in [1.807, 2.05) is 0 Å².